The second-order valence-electron chi connectivity index (χ2n) is 5.30. The van der Waals surface area contributed by atoms with Crippen molar-refractivity contribution in [1.29, 1.82) is 0 Å². The average molecular weight is 277 g/mol. The molecule has 0 aromatic carbocycles. The molecule has 0 atom stereocenters. The number of imidazole rings is 1. The second kappa shape index (κ2) is 4.96. The molecule has 3 rings (SSSR count). The van der Waals surface area contributed by atoms with E-state index in [1.54, 1.807) is 6.20 Å². The van der Waals surface area contributed by atoms with Crippen LogP contribution < -0.4 is 0 Å². The number of carbonyl (C=O) groups is 1. The molecule has 0 bridgehead atoms. The monoisotopic (exact) mass is 277 g/mol. The van der Waals surface area contributed by atoms with Crippen molar-refractivity contribution in [3.8, 4) is 0 Å². The van der Waals surface area contributed by atoms with Crippen LogP contribution in [0.15, 0.2) is 12.4 Å². The summed E-state index contributed by atoms with van der Waals surface area (Å²) in [4.78, 5) is 20.6. The Morgan fingerprint density at radius 3 is 2.84 bits per heavy atom. The molecule has 2 aromatic rings. The van der Waals surface area contributed by atoms with Gasteiger partial charge in [0.15, 0.2) is 4.96 Å². The molecule has 102 valence electrons. The summed E-state index contributed by atoms with van der Waals surface area (Å²) < 4.78 is 1.99. The molecule has 1 saturated carbocycles. The van der Waals surface area contributed by atoms with E-state index in [4.69, 9.17) is 0 Å². The normalized spacial score (nSPS) is 16.9. The lowest BCUT2D eigenvalue weighted by atomic mass is 9.94. The number of thiazole rings is 1. The van der Waals surface area contributed by atoms with E-state index in [2.05, 4.69) is 4.98 Å². The van der Waals surface area contributed by atoms with Gasteiger partial charge in [-0.3, -0.25) is 9.20 Å². The number of rotatable bonds is 2. The van der Waals surface area contributed by atoms with Gasteiger partial charge in [0.05, 0.1) is 0 Å². The Labute approximate surface area is 117 Å². The van der Waals surface area contributed by atoms with Gasteiger partial charge < -0.3 is 4.90 Å². The van der Waals surface area contributed by atoms with Crippen LogP contribution in [0.4, 0.5) is 0 Å². The zero-order valence-corrected chi connectivity index (χ0v) is 12.2. The number of fused-ring (bicyclic) bond motifs is 1. The molecule has 0 N–H and O–H groups in total. The molecule has 0 radical (unpaired) electrons. The number of aromatic nitrogens is 2. The highest BCUT2D eigenvalue weighted by atomic mass is 32.1. The van der Waals surface area contributed by atoms with Gasteiger partial charge in [-0.25, -0.2) is 4.98 Å². The Bertz CT molecular complexity index is 595. The van der Waals surface area contributed by atoms with Crippen molar-refractivity contribution in [2.45, 2.75) is 45.1 Å². The molecule has 4 nitrogen and oxygen atoms in total. The van der Waals surface area contributed by atoms with Gasteiger partial charge in [0.2, 0.25) is 0 Å². The van der Waals surface area contributed by atoms with E-state index in [9.17, 15) is 4.79 Å². The average Bonchev–Trinajstić information content (AvgIpc) is 3.02. The molecular formula is C14H19N3OS. The van der Waals surface area contributed by atoms with Gasteiger partial charge in [-0.05, 0) is 19.8 Å². The minimum Gasteiger partial charge on any atom is -0.338 e. The maximum absolute atomic E-state index is 12.6. The van der Waals surface area contributed by atoms with Gasteiger partial charge in [-0.2, -0.15) is 0 Å². The largest absolute Gasteiger partial charge is 0.338 e. The highest BCUT2D eigenvalue weighted by Crippen LogP contribution is 2.27. The lowest BCUT2D eigenvalue weighted by Crippen LogP contribution is -2.38. The summed E-state index contributed by atoms with van der Waals surface area (Å²) in [6.45, 7) is 1.99. The lowest BCUT2D eigenvalue weighted by molar-refractivity contribution is 0.0700. The third kappa shape index (κ3) is 2.16. The molecule has 19 heavy (non-hydrogen) atoms. The molecule has 0 aliphatic heterocycles. The van der Waals surface area contributed by atoms with Crippen LogP contribution >= 0.6 is 11.3 Å². The summed E-state index contributed by atoms with van der Waals surface area (Å²) in [6.07, 6.45) is 9.78. The molecule has 1 aliphatic rings. The quantitative estimate of drug-likeness (QED) is 0.846. The van der Waals surface area contributed by atoms with Gasteiger partial charge in [-0.15, -0.1) is 0 Å². The molecule has 1 amide bonds. The van der Waals surface area contributed by atoms with Gasteiger partial charge in [0, 0.05) is 31.2 Å². The molecular weight excluding hydrogens is 258 g/mol. The SMILES string of the molecule is Cc1c(C(=O)N(C)C2CCCCC2)sc2nccn12. The second-order valence-corrected chi connectivity index (χ2v) is 6.28. The topological polar surface area (TPSA) is 37.6 Å². The van der Waals surface area contributed by atoms with Crippen LogP contribution in [-0.2, 0) is 0 Å². The highest BCUT2D eigenvalue weighted by molar-refractivity contribution is 7.19. The Balaban J connectivity index is 1.86. The van der Waals surface area contributed by atoms with Gasteiger partial charge in [0.25, 0.3) is 5.91 Å². The number of nitrogens with zero attached hydrogens (tertiary/aromatic N) is 3. The minimum atomic E-state index is 0.153. The molecule has 5 heteroatoms. The number of hydrogen-bond donors (Lipinski definition) is 0. The van der Waals surface area contributed by atoms with Crippen LogP contribution in [-0.4, -0.2) is 33.3 Å². The zero-order valence-electron chi connectivity index (χ0n) is 11.4. The summed E-state index contributed by atoms with van der Waals surface area (Å²) in [5.41, 5.74) is 1.00. The fourth-order valence-electron chi connectivity index (χ4n) is 2.89. The van der Waals surface area contributed by atoms with Crippen LogP contribution in [0.1, 0.15) is 47.5 Å². The molecule has 2 heterocycles. The Kier molecular flexibility index (Phi) is 3.31. The number of aryl methyl sites for hydroxylation is 1. The van der Waals surface area contributed by atoms with Crippen molar-refractivity contribution in [1.82, 2.24) is 14.3 Å². The van der Waals surface area contributed by atoms with Crippen LogP contribution in [0.2, 0.25) is 0 Å². The molecule has 2 aromatic heterocycles. The molecule has 0 saturated heterocycles. The van der Waals surface area contributed by atoms with Crippen LogP contribution in [0.5, 0.6) is 0 Å². The maximum atomic E-state index is 12.6. The standard InChI is InChI=1S/C14H19N3OS/c1-10-12(19-14-15-8-9-17(10)14)13(18)16(2)11-6-4-3-5-7-11/h8-9,11H,3-7H2,1-2H3. The van der Waals surface area contributed by atoms with Crippen LogP contribution in [0.3, 0.4) is 0 Å². The summed E-state index contributed by atoms with van der Waals surface area (Å²) in [6, 6.07) is 0.412. The molecule has 1 fully saturated rings. The predicted octanol–water partition coefficient (Wildman–Crippen LogP) is 3.11. The fraction of sp³-hybridized carbons (Fsp3) is 0.571. The third-order valence-corrected chi connectivity index (χ3v) is 5.29. The first-order valence-electron chi connectivity index (χ1n) is 6.88. The molecule has 0 unspecified atom stereocenters. The van der Waals surface area contributed by atoms with Crippen molar-refractivity contribution in [3.05, 3.63) is 23.0 Å². The first kappa shape index (κ1) is 12.7. The van der Waals surface area contributed by atoms with Crippen molar-refractivity contribution in [2.75, 3.05) is 7.05 Å². The fourth-order valence-corrected chi connectivity index (χ4v) is 3.96. The van der Waals surface area contributed by atoms with E-state index in [1.807, 2.05) is 29.5 Å². The van der Waals surface area contributed by atoms with Gasteiger partial charge in [0.1, 0.15) is 4.88 Å². The Hall–Kier alpha value is -1.36. The van der Waals surface area contributed by atoms with Crippen molar-refractivity contribution in [3.63, 3.8) is 0 Å². The van der Waals surface area contributed by atoms with Crippen LogP contribution in [0.25, 0.3) is 4.96 Å². The molecule has 0 spiro atoms. The van der Waals surface area contributed by atoms with Crippen molar-refractivity contribution < 1.29 is 4.79 Å². The Morgan fingerprint density at radius 1 is 1.42 bits per heavy atom. The summed E-state index contributed by atoms with van der Waals surface area (Å²) in [5, 5.41) is 0. The minimum absolute atomic E-state index is 0.153. The van der Waals surface area contributed by atoms with E-state index in [0.29, 0.717) is 6.04 Å². The summed E-state index contributed by atoms with van der Waals surface area (Å²) in [7, 11) is 1.94. The third-order valence-electron chi connectivity index (χ3n) is 4.13. The van der Waals surface area contributed by atoms with Crippen molar-refractivity contribution in [2.24, 2.45) is 0 Å². The predicted molar refractivity (Wildman–Crippen MR) is 76.8 cm³/mol. The van der Waals surface area contributed by atoms with Gasteiger partial charge in [-0.1, -0.05) is 30.6 Å². The highest BCUT2D eigenvalue weighted by Gasteiger charge is 2.26. The van der Waals surface area contributed by atoms with E-state index < -0.39 is 0 Å². The zero-order chi connectivity index (χ0) is 13.4. The van der Waals surface area contributed by atoms with E-state index >= 15 is 0 Å². The summed E-state index contributed by atoms with van der Waals surface area (Å²) in [5.74, 6) is 0.153. The van der Waals surface area contributed by atoms with Crippen molar-refractivity contribution >= 4 is 22.2 Å². The summed E-state index contributed by atoms with van der Waals surface area (Å²) >= 11 is 1.49. The lowest BCUT2D eigenvalue weighted by Gasteiger charge is -2.31. The smallest absolute Gasteiger partial charge is 0.265 e. The van der Waals surface area contributed by atoms with Crippen LogP contribution in [0, 0.1) is 6.92 Å². The van der Waals surface area contributed by atoms with E-state index in [1.165, 1.54) is 30.6 Å². The van der Waals surface area contributed by atoms with Gasteiger partial charge >= 0.3 is 0 Å². The number of hydrogen-bond acceptors (Lipinski definition) is 3. The first-order valence-corrected chi connectivity index (χ1v) is 7.69. The first-order chi connectivity index (χ1) is 9.18. The van der Waals surface area contributed by atoms with E-state index in [0.717, 1.165) is 28.4 Å². The molecule has 1 aliphatic carbocycles. The number of amides is 1. The maximum Gasteiger partial charge on any atom is 0.265 e. The van der Waals surface area contributed by atoms with E-state index in [-0.39, 0.29) is 5.91 Å². The number of carbonyl (C=O) groups excluding carboxylic acids is 1. The Morgan fingerprint density at radius 2 is 2.16 bits per heavy atom.